The minimum Gasteiger partial charge on any atom is -0.355 e. The Hall–Kier alpha value is -1.55. The van der Waals surface area contributed by atoms with Crippen LogP contribution >= 0.6 is 0 Å². The first kappa shape index (κ1) is 17.3. The Labute approximate surface area is 146 Å². The van der Waals surface area contributed by atoms with Crippen LogP contribution in [-0.2, 0) is 6.54 Å². The molecule has 1 N–H and O–H groups in total. The maximum absolute atomic E-state index is 4.52. The lowest BCUT2D eigenvalue weighted by Gasteiger charge is -2.38. The molecule has 1 aliphatic carbocycles. The van der Waals surface area contributed by atoms with Crippen LogP contribution in [0.4, 0.5) is 0 Å². The third-order valence-corrected chi connectivity index (χ3v) is 5.95. The molecule has 1 aromatic rings. The molecule has 1 saturated carbocycles. The van der Waals surface area contributed by atoms with Gasteiger partial charge in [0.2, 0.25) is 0 Å². The quantitative estimate of drug-likeness (QED) is 0.666. The first-order valence-electron chi connectivity index (χ1n) is 9.32. The molecule has 4 heteroatoms. The van der Waals surface area contributed by atoms with Crippen molar-refractivity contribution in [1.82, 2.24) is 15.1 Å². The molecule has 2 aliphatic rings. The predicted octanol–water partition coefficient (Wildman–Crippen LogP) is 2.96. The van der Waals surface area contributed by atoms with E-state index in [0.717, 1.165) is 25.6 Å². The average Bonchev–Trinajstić information content (AvgIpc) is 3.02. The van der Waals surface area contributed by atoms with E-state index in [-0.39, 0.29) is 0 Å². The lowest BCUT2D eigenvalue weighted by Crippen LogP contribution is -2.47. The molecule has 24 heavy (non-hydrogen) atoms. The minimum atomic E-state index is 0.460. The van der Waals surface area contributed by atoms with Crippen molar-refractivity contribution in [1.29, 1.82) is 0 Å². The second-order valence-electron chi connectivity index (χ2n) is 7.70. The summed E-state index contributed by atoms with van der Waals surface area (Å²) < 4.78 is 0. The largest absolute Gasteiger partial charge is 0.355 e. The molecule has 1 aliphatic heterocycles. The van der Waals surface area contributed by atoms with E-state index >= 15 is 0 Å². The van der Waals surface area contributed by atoms with E-state index in [1.165, 1.54) is 37.8 Å². The molecule has 0 aromatic heterocycles. The molecule has 3 rings (SSSR count). The highest BCUT2D eigenvalue weighted by atomic mass is 15.3. The fourth-order valence-corrected chi connectivity index (χ4v) is 3.96. The van der Waals surface area contributed by atoms with Crippen LogP contribution in [0.15, 0.2) is 35.3 Å². The van der Waals surface area contributed by atoms with Crippen molar-refractivity contribution >= 4 is 5.96 Å². The van der Waals surface area contributed by atoms with E-state index in [4.69, 9.17) is 0 Å². The highest BCUT2D eigenvalue weighted by molar-refractivity contribution is 5.80. The van der Waals surface area contributed by atoms with Gasteiger partial charge < -0.3 is 10.2 Å². The molecule has 1 atom stereocenters. The number of hydrogen-bond donors (Lipinski definition) is 1. The monoisotopic (exact) mass is 328 g/mol. The van der Waals surface area contributed by atoms with E-state index in [0.29, 0.717) is 11.5 Å². The number of likely N-dealkylation sites (N-methyl/N-ethyl adjacent to an activating group) is 1. The van der Waals surface area contributed by atoms with Gasteiger partial charge in [0, 0.05) is 39.3 Å². The molecule has 0 amide bonds. The van der Waals surface area contributed by atoms with Crippen LogP contribution in [0.1, 0.15) is 38.2 Å². The summed E-state index contributed by atoms with van der Waals surface area (Å²) in [5.41, 5.74) is 1.98. The molecule has 1 unspecified atom stereocenters. The zero-order valence-corrected chi connectivity index (χ0v) is 15.5. The lowest BCUT2D eigenvalue weighted by molar-refractivity contribution is 0.151. The summed E-state index contributed by atoms with van der Waals surface area (Å²) >= 11 is 0. The lowest BCUT2D eigenvalue weighted by atomic mass is 9.68. The van der Waals surface area contributed by atoms with Gasteiger partial charge in [-0.3, -0.25) is 9.89 Å². The van der Waals surface area contributed by atoms with Crippen molar-refractivity contribution < 1.29 is 0 Å². The van der Waals surface area contributed by atoms with E-state index in [9.17, 15) is 0 Å². The van der Waals surface area contributed by atoms with Crippen LogP contribution in [0.2, 0.25) is 0 Å². The van der Waals surface area contributed by atoms with E-state index in [1.807, 2.05) is 7.05 Å². The van der Waals surface area contributed by atoms with Crippen molar-refractivity contribution in [3.63, 3.8) is 0 Å². The van der Waals surface area contributed by atoms with Gasteiger partial charge in [0.05, 0.1) is 0 Å². The van der Waals surface area contributed by atoms with Gasteiger partial charge in [-0.1, -0.05) is 36.8 Å². The third kappa shape index (κ3) is 3.92. The van der Waals surface area contributed by atoms with Gasteiger partial charge in [-0.2, -0.15) is 0 Å². The van der Waals surface area contributed by atoms with Crippen LogP contribution in [0.25, 0.3) is 0 Å². The Kier molecular flexibility index (Phi) is 5.44. The molecule has 132 valence electrons. The number of rotatable bonds is 5. The van der Waals surface area contributed by atoms with E-state index in [2.05, 4.69) is 64.4 Å². The second-order valence-corrected chi connectivity index (χ2v) is 7.70. The molecular weight excluding hydrogens is 296 g/mol. The number of likely N-dealkylation sites (tertiary alicyclic amines) is 1. The van der Waals surface area contributed by atoms with E-state index < -0.39 is 0 Å². The molecule has 1 aromatic carbocycles. The van der Waals surface area contributed by atoms with Crippen molar-refractivity contribution in [2.45, 2.75) is 45.2 Å². The Balaban J connectivity index is 1.46. The Morgan fingerprint density at radius 2 is 2.04 bits per heavy atom. The maximum Gasteiger partial charge on any atom is 0.193 e. The smallest absolute Gasteiger partial charge is 0.193 e. The fourth-order valence-electron chi connectivity index (χ4n) is 3.96. The van der Waals surface area contributed by atoms with Gasteiger partial charge in [0.25, 0.3) is 0 Å². The van der Waals surface area contributed by atoms with E-state index in [1.54, 1.807) is 0 Å². The summed E-state index contributed by atoms with van der Waals surface area (Å²) in [6.45, 7) is 6.55. The van der Waals surface area contributed by atoms with Crippen LogP contribution < -0.4 is 5.32 Å². The van der Waals surface area contributed by atoms with Crippen molar-refractivity contribution in [3.05, 3.63) is 35.9 Å². The highest BCUT2D eigenvalue weighted by Gasteiger charge is 2.43. The second kappa shape index (κ2) is 7.56. The molecule has 0 bridgehead atoms. The van der Waals surface area contributed by atoms with Crippen molar-refractivity contribution in [2.24, 2.45) is 10.4 Å². The van der Waals surface area contributed by atoms with Crippen LogP contribution in [0.5, 0.6) is 0 Å². The molecular formula is C20H32N4. The minimum absolute atomic E-state index is 0.460. The van der Waals surface area contributed by atoms with Gasteiger partial charge >= 0.3 is 0 Å². The van der Waals surface area contributed by atoms with Gasteiger partial charge in [-0.25, -0.2) is 0 Å². The number of benzene rings is 1. The van der Waals surface area contributed by atoms with Gasteiger partial charge in [0.1, 0.15) is 0 Å². The Morgan fingerprint density at radius 1 is 1.29 bits per heavy atom. The number of guanidine groups is 1. The summed E-state index contributed by atoms with van der Waals surface area (Å²) in [5.74, 6) is 1.08. The Morgan fingerprint density at radius 3 is 2.62 bits per heavy atom. The van der Waals surface area contributed by atoms with Gasteiger partial charge in [-0.15, -0.1) is 0 Å². The number of nitrogens with one attached hydrogen (secondary N) is 1. The number of nitrogens with zero attached hydrogens (tertiary/aromatic N) is 3. The summed E-state index contributed by atoms with van der Waals surface area (Å²) in [4.78, 5) is 9.38. The molecule has 4 nitrogen and oxygen atoms in total. The summed E-state index contributed by atoms with van der Waals surface area (Å²) in [7, 11) is 4.10. The summed E-state index contributed by atoms with van der Waals surface area (Å²) in [5, 5.41) is 3.60. The number of aliphatic imine (C=N–C) groups is 1. The normalized spacial score (nSPS) is 21.2. The summed E-state index contributed by atoms with van der Waals surface area (Å²) in [6.07, 6.45) is 5.59. The molecule has 1 heterocycles. The predicted molar refractivity (Wildman–Crippen MR) is 101 cm³/mol. The first-order chi connectivity index (χ1) is 11.6. The molecule has 1 saturated heterocycles. The number of hydrogen-bond acceptors (Lipinski definition) is 2. The van der Waals surface area contributed by atoms with Crippen LogP contribution in [0, 0.1) is 5.41 Å². The maximum atomic E-state index is 4.52. The first-order valence-corrected chi connectivity index (χ1v) is 9.32. The average molecular weight is 329 g/mol. The van der Waals surface area contributed by atoms with Crippen LogP contribution in [0.3, 0.4) is 0 Å². The summed E-state index contributed by atoms with van der Waals surface area (Å²) in [6, 6.07) is 11.1. The zero-order valence-electron chi connectivity index (χ0n) is 15.5. The van der Waals surface area contributed by atoms with Gasteiger partial charge in [-0.05, 0) is 44.2 Å². The van der Waals surface area contributed by atoms with Crippen molar-refractivity contribution in [3.8, 4) is 0 Å². The highest BCUT2D eigenvalue weighted by Crippen LogP contribution is 2.47. The van der Waals surface area contributed by atoms with Crippen molar-refractivity contribution in [2.75, 3.05) is 33.7 Å². The third-order valence-electron chi connectivity index (χ3n) is 5.95. The molecule has 2 fully saturated rings. The van der Waals surface area contributed by atoms with Gasteiger partial charge in [0.15, 0.2) is 5.96 Å². The zero-order chi connectivity index (χ0) is 17.0. The van der Waals surface area contributed by atoms with Crippen LogP contribution in [-0.4, -0.2) is 55.5 Å². The molecule has 1 spiro atoms. The standard InChI is InChI=1S/C20H32N4/c1-17(23(3)15-18-8-5-4-6-9-18)14-22-19(21-2)24-13-12-20(16-24)10-7-11-20/h4-6,8-9,17H,7,10-16H2,1-3H3,(H,21,22). The topological polar surface area (TPSA) is 30.9 Å². The fraction of sp³-hybridized carbons (Fsp3) is 0.650. The Bertz CT molecular complexity index is 550. The SMILES string of the molecule is CN=C(NCC(C)N(C)Cc1ccccc1)N1CCC2(CCC2)C1. The molecule has 0 radical (unpaired) electrons.